The molecule has 1 amide bonds. The van der Waals surface area contributed by atoms with E-state index in [4.69, 9.17) is 4.42 Å². The average Bonchev–Trinajstić information content (AvgIpc) is 2.96. The molecule has 0 radical (unpaired) electrons. The van der Waals surface area contributed by atoms with Gasteiger partial charge in [-0.15, -0.1) is 0 Å². The Bertz CT molecular complexity index is 405. The average molecular weight is 263 g/mol. The Morgan fingerprint density at radius 2 is 2.26 bits per heavy atom. The maximum absolute atomic E-state index is 11.6. The van der Waals surface area contributed by atoms with Crippen molar-refractivity contribution in [3.8, 4) is 0 Å². The summed E-state index contributed by atoms with van der Waals surface area (Å²) >= 11 is 0. The number of aliphatic hydroxyl groups excluding tert-OH is 1. The van der Waals surface area contributed by atoms with Crippen LogP contribution in [0.15, 0.2) is 29.1 Å². The zero-order chi connectivity index (χ0) is 13.5. The standard InChI is InChI=1S/C15H21NO3/c17-14(13-4-2-1-3-5-13)10-16-15(18)7-6-12-8-9-19-11-12/h6-9,11,13-14,17H,1-5,10H2,(H,16,18)/b7-6+/t14-/m0/s1. The zero-order valence-electron chi connectivity index (χ0n) is 11.0. The van der Waals surface area contributed by atoms with Crippen LogP contribution in [0.5, 0.6) is 0 Å². The highest BCUT2D eigenvalue weighted by atomic mass is 16.3. The van der Waals surface area contributed by atoms with E-state index >= 15 is 0 Å². The summed E-state index contributed by atoms with van der Waals surface area (Å²) in [5, 5.41) is 12.8. The van der Waals surface area contributed by atoms with Crippen LogP contribution in [0, 0.1) is 5.92 Å². The molecule has 1 aromatic heterocycles. The van der Waals surface area contributed by atoms with E-state index in [0.717, 1.165) is 18.4 Å². The lowest BCUT2D eigenvalue weighted by Crippen LogP contribution is -2.36. The molecule has 0 spiro atoms. The van der Waals surface area contributed by atoms with Gasteiger partial charge in [0.15, 0.2) is 0 Å². The van der Waals surface area contributed by atoms with E-state index in [1.165, 1.54) is 25.3 Å². The van der Waals surface area contributed by atoms with Gasteiger partial charge in [-0.25, -0.2) is 0 Å². The van der Waals surface area contributed by atoms with Crippen molar-refractivity contribution in [3.63, 3.8) is 0 Å². The molecular weight excluding hydrogens is 242 g/mol. The van der Waals surface area contributed by atoms with Gasteiger partial charge in [0.2, 0.25) is 5.91 Å². The molecule has 0 aromatic carbocycles. The van der Waals surface area contributed by atoms with Gasteiger partial charge in [-0.05, 0) is 30.9 Å². The second-order valence-electron chi connectivity index (χ2n) is 5.10. The fourth-order valence-corrected chi connectivity index (χ4v) is 2.49. The van der Waals surface area contributed by atoms with E-state index in [-0.39, 0.29) is 5.91 Å². The lowest BCUT2D eigenvalue weighted by molar-refractivity contribution is -0.117. The van der Waals surface area contributed by atoms with Crippen molar-refractivity contribution >= 4 is 12.0 Å². The van der Waals surface area contributed by atoms with Crippen LogP contribution >= 0.6 is 0 Å². The van der Waals surface area contributed by atoms with Gasteiger partial charge in [-0.2, -0.15) is 0 Å². The van der Waals surface area contributed by atoms with Gasteiger partial charge in [0.05, 0.1) is 18.6 Å². The highest BCUT2D eigenvalue weighted by Gasteiger charge is 2.21. The molecule has 2 N–H and O–H groups in total. The minimum atomic E-state index is -0.424. The molecule has 1 fully saturated rings. The number of amides is 1. The summed E-state index contributed by atoms with van der Waals surface area (Å²) in [4.78, 5) is 11.6. The third-order valence-electron chi connectivity index (χ3n) is 3.65. The molecule has 1 saturated carbocycles. The molecule has 0 aliphatic heterocycles. The van der Waals surface area contributed by atoms with Gasteiger partial charge < -0.3 is 14.8 Å². The van der Waals surface area contributed by atoms with E-state index in [0.29, 0.717) is 12.5 Å². The summed E-state index contributed by atoms with van der Waals surface area (Å²) in [7, 11) is 0. The number of carbonyl (C=O) groups is 1. The number of rotatable bonds is 5. The third-order valence-corrected chi connectivity index (χ3v) is 3.65. The van der Waals surface area contributed by atoms with E-state index < -0.39 is 6.10 Å². The number of carbonyl (C=O) groups excluding carboxylic acids is 1. The van der Waals surface area contributed by atoms with Crippen molar-refractivity contribution in [1.29, 1.82) is 0 Å². The first-order chi connectivity index (χ1) is 9.25. The fraction of sp³-hybridized carbons (Fsp3) is 0.533. The Hall–Kier alpha value is -1.55. The molecule has 1 aliphatic carbocycles. The molecule has 4 nitrogen and oxygen atoms in total. The van der Waals surface area contributed by atoms with Gasteiger partial charge in [0.1, 0.15) is 0 Å². The van der Waals surface area contributed by atoms with Crippen LogP contribution in [0.1, 0.15) is 37.7 Å². The van der Waals surface area contributed by atoms with Gasteiger partial charge in [0, 0.05) is 18.2 Å². The maximum Gasteiger partial charge on any atom is 0.244 e. The van der Waals surface area contributed by atoms with E-state index in [1.54, 1.807) is 24.7 Å². The van der Waals surface area contributed by atoms with Crippen LogP contribution in [-0.2, 0) is 4.79 Å². The summed E-state index contributed by atoms with van der Waals surface area (Å²) in [6.45, 7) is 0.333. The lowest BCUT2D eigenvalue weighted by atomic mass is 9.85. The molecule has 0 saturated heterocycles. The highest BCUT2D eigenvalue weighted by molar-refractivity contribution is 5.91. The molecule has 1 heterocycles. The minimum Gasteiger partial charge on any atom is -0.472 e. The second kappa shape index (κ2) is 7.14. The number of hydrogen-bond acceptors (Lipinski definition) is 3. The van der Waals surface area contributed by atoms with Crippen molar-refractivity contribution in [2.24, 2.45) is 5.92 Å². The Balaban J connectivity index is 1.70. The van der Waals surface area contributed by atoms with Crippen molar-refractivity contribution < 1.29 is 14.3 Å². The first-order valence-corrected chi connectivity index (χ1v) is 6.92. The molecule has 104 valence electrons. The van der Waals surface area contributed by atoms with E-state index in [1.807, 2.05) is 0 Å². The maximum atomic E-state index is 11.6. The number of hydrogen-bond donors (Lipinski definition) is 2. The largest absolute Gasteiger partial charge is 0.472 e. The van der Waals surface area contributed by atoms with Crippen molar-refractivity contribution in [1.82, 2.24) is 5.32 Å². The van der Waals surface area contributed by atoms with Crippen LogP contribution in [0.25, 0.3) is 6.08 Å². The predicted molar refractivity (Wildman–Crippen MR) is 73.3 cm³/mol. The van der Waals surface area contributed by atoms with Gasteiger partial charge in [0.25, 0.3) is 0 Å². The van der Waals surface area contributed by atoms with Crippen LogP contribution in [0.3, 0.4) is 0 Å². The Morgan fingerprint density at radius 1 is 1.47 bits per heavy atom. The topological polar surface area (TPSA) is 62.5 Å². The van der Waals surface area contributed by atoms with Crippen molar-refractivity contribution in [2.45, 2.75) is 38.2 Å². The monoisotopic (exact) mass is 263 g/mol. The number of aliphatic hydroxyl groups is 1. The second-order valence-corrected chi connectivity index (χ2v) is 5.10. The molecule has 0 unspecified atom stereocenters. The first kappa shape index (κ1) is 13.9. The normalized spacial score (nSPS) is 18.6. The predicted octanol–water partition coefficient (Wildman–Crippen LogP) is 2.35. The first-order valence-electron chi connectivity index (χ1n) is 6.92. The SMILES string of the molecule is O=C(/C=C/c1ccoc1)NC[C@H](O)C1CCCCC1. The Kier molecular flexibility index (Phi) is 5.21. The number of furan rings is 1. The highest BCUT2D eigenvalue weighted by Crippen LogP contribution is 2.26. The molecule has 4 heteroatoms. The third kappa shape index (κ3) is 4.56. The summed E-state index contributed by atoms with van der Waals surface area (Å²) in [5.74, 6) is 0.156. The molecule has 1 atom stereocenters. The summed E-state index contributed by atoms with van der Waals surface area (Å²) in [5.41, 5.74) is 0.850. The van der Waals surface area contributed by atoms with E-state index in [2.05, 4.69) is 5.32 Å². The summed E-state index contributed by atoms with van der Waals surface area (Å²) in [6, 6.07) is 1.78. The van der Waals surface area contributed by atoms with Crippen molar-refractivity contribution in [3.05, 3.63) is 30.2 Å². The summed E-state index contributed by atoms with van der Waals surface area (Å²) in [6.07, 6.45) is 11.6. The fourth-order valence-electron chi connectivity index (χ4n) is 2.49. The molecule has 1 aromatic rings. The quantitative estimate of drug-likeness (QED) is 0.802. The minimum absolute atomic E-state index is 0.184. The Labute approximate surface area is 113 Å². The molecule has 1 aliphatic rings. The molecule has 0 bridgehead atoms. The van der Waals surface area contributed by atoms with Crippen LogP contribution in [-0.4, -0.2) is 23.7 Å². The Morgan fingerprint density at radius 3 is 2.95 bits per heavy atom. The van der Waals surface area contributed by atoms with Gasteiger partial charge in [-0.1, -0.05) is 19.3 Å². The molecule has 19 heavy (non-hydrogen) atoms. The van der Waals surface area contributed by atoms with Crippen LogP contribution < -0.4 is 5.32 Å². The lowest BCUT2D eigenvalue weighted by Gasteiger charge is -2.26. The zero-order valence-corrected chi connectivity index (χ0v) is 11.0. The molecule has 2 rings (SSSR count). The van der Waals surface area contributed by atoms with Gasteiger partial charge in [-0.3, -0.25) is 4.79 Å². The smallest absolute Gasteiger partial charge is 0.244 e. The van der Waals surface area contributed by atoms with Crippen LogP contribution in [0.2, 0.25) is 0 Å². The van der Waals surface area contributed by atoms with Crippen molar-refractivity contribution in [2.75, 3.05) is 6.54 Å². The van der Waals surface area contributed by atoms with Gasteiger partial charge >= 0.3 is 0 Å². The number of nitrogens with one attached hydrogen (secondary N) is 1. The summed E-state index contributed by atoms with van der Waals surface area (Å²) < 4.78 is 4.90. The van der Waals surface area contributed by atoms with Crippen LogP contribution in [0.4, 0.5) is 0 Å². The molecular formula is C15H21NO3. The van der Waals surface area contributed by atoms with E-state index in [9.17, 15) is 9.90 Å².